The Morgan fingerprint density at radius 2 is 1.94 bits per heavy atom. The van der Waals surface area contributed by atoms with Gasteiger partial charge in [-0.2, -0.15) is 0 Å². The number of nitrogens with zero attached hydrogens (tertiary/aromatic N) is 2. The summed E-state index contributed by atoms with van der Waals surface area (Å²) in [6, 6.07) is 9.86. The van der Waals surface area contributed by atoms with Gasteiger partial charge in [-0.3, -0.25) is 9.36 Å². The number of rotatable bonds is 7. The zero-order valence-electron chi connectivity index (χ0n) is 20.2. The Bertz CT molecular complexity index is 1520. The van der Waals surface area contributed by atoms with Crippen LogP contribution < -0.4 is 24.4 Å². The average Bonchev–Trinajstić information content (AvgIpc) is 3.15. The molecule has 3 aromatic rings. The number of carbonyl (C=O) groups excluding carboxylic acids is 1. The van der Waals surface area contributed by atoms with Gasteiger partial charge >= 0.3 is 5.97 Å². The van der Waals surface area contributed by atoms with Crippen molar-refractivity contribution in [2.45, 2.75) is 26.8 Å². The molecule has 2 heterocycles. The van der Waals surface area contributed by atoms with E-state index in [1.807, 2.05) is 19.1 Å². The molecule has 0 spiro atoms. The van der Waals surface area contributed by atoms with Crippen molar-refractivity contribution in [2.75, 3.05) is 20.3 Å². The number of aromatic hydroxyl groups is 1. The van der Waals surface area contributed by atoms with E-state index < -0.39 is 12.0 Å². The summed E-state index contributed by atoms with van der Waals surface area (Å²) in [5, 5.41) is 10.6. The predicted octanol–water partition coefficient (Wildman–Crippen LogP) is 3.67. The molecule has 0 fully saturated rings. The molecule has 1 aliphatic heterocycles. The molecule has 1 unspecified atom stereocenters. The predicted molar refractivity (Wildman–Crippen MR) is 140 cm³/mol. The summed E-state index contributed by atoms with van der Waals surface area (Å²) >= 11 is 4.58. The highest BCUT2D eigenvalue weighted by molar-refractivity contribution is 9.10. The number of fused-ring (bicyclic) bond motifs is 1. The number of halogens is 1. The number of carbonyl (C=O) groups is 1. The van der Waals surface area contributed by atoms with Crippen LogP contribution in [0.5, 0.6) is 17.2 Å². The molecular weight excluding hydrogens is 548 g/mol. The number of methoxy groups -OCH3 is 1. The van der Waals surface area contributed by atoms with E-state index in [-0.39, 0.29) is 23.7 Å². The summed E-state index contributed by atoms with van der Waals surface area (Å²) in [5.74, 6) is 0.349. The van der Waals surface area contributed by atoms with Crippen LogP contribution in [0.2, 0.25) is 0 Å². The Hall–Kier alpha value is -3.37. The molecule has 36 heavy (non-hydrogen) atoms. The Balaban J connectivity index is 1.94. The molecule has 188 valence electrons. The van der Waals surface area contributed by atoms with E-state index in [9.17, 15) is 14.7 Å². The summed E-state index contributed by atoms with van der Waals surface area (Å²) in [7, 11) is 1.45. The molecule has 0 saturated heterocycles. The van der Waals surface area contributed by atoms with E-state index in [0.717, 1.165) is 5.56 Å². The van der Waals surface area contributed by atoms with Gasteiger partial charge in [-0.15, -0.1) is 0 Å². The molecule has 0 amide bonds. The highest BCUT2D eigenvalue weighted by Gasteiger charge is 2.33. The quantitative estimate of drug-likeness (QED) is 0.434. The molecule has 0 aliphatic carbocycles. The van der Waals surface area contributed by atoms with Gasteiger partial charge in [0.05, 0.1) is 42.2 Å². The zero-order valence-corrected chi connectivity index (χ0v) is 22.6. The summed E-state index contributed by atoms with van der Waals surface area (Å²) < 4.78 is 18.6. The van der Waals surface area contributed by atoms with Gasteiger partial charge in [0.2, 0.25) is 0 Å². The fraction of sp³-hybridized carbons (Fsp3) is 0.269. The number of hydrogen-bond acceptors (Lipinski definition) is 8. The molecule has 1 aromatic heterocycles. The molecule has 1 atom stereocenters. The van der Waals surface area contributed by atoms with Gasteiger partial charge in [-0.05, 0) is 56.7 Å². The second kappa shape index (κ2) is 10.7. The minimum Gasteiger partial charge on any atom is -0.504 e. The molecule has 8 nitrogen and oxygen atoms in total. The lowest BCUT2D eigenvalue weighted by Gasteiger charge is -2.24. The molecule has 2 aromatic carbocycles. The number of aromatic nitrogens is 1. The Labute approximate surface area is 219 Å². The molecule has 1 N–H and O–H groups in total. The molecular formula is C26H25BrN2O6S. The van der Waals surface area contributed by atoms with Crippen LogP contribution in [-0.2, 0) is 9.53 Å². The van der Waals surface area contributed by atoms with Crippen LogP contribution in [0, 0.1) is 0 Å². The van der Waals surface area contributed by atoms with Crippen molar-refractivity contribution in [1.82, 2.24) is 4.57 Å². The third-order valence-corrected chi connectivity index (χ3v) is 7.04. The second-order valence-electron chi connectivity index (χ2n) is 7.85. The highest BCUT2D eigenvalue weighted by atomic mass is 79.9. The van der Waals surface area contributed by atoms with Crippen molar-refractivity contribution < 1.29 is 24.1 Å². The van der Waals surface area contributed by atoms with Gasteiger partial charge in [0.25, 0.3) is 5.56 Å². The van der Waals surface area contributed by atoms with Crippen molar-refractivity contribution in [3.63, 3.8) is 0 Å². The first-order valence-electron chi connectivity index (χ1n) is 11.3. The summed E-state index contributed by atoms with van der Waals surface area (Å²) in [6.45, 7) is 6.08. The van der Waals surface area contributed by atoms with Gasteiger partial charge in [0.1, 0.15) is 5.75 Å². The third-order valence-electron chi connectivity index (χ3n) is 5.60. The lowest BCUT2D eigenvalue weighted by Crippen LogP contribution is -2.39. The first-order valence-corrected chi connectivity index (χ1v) is 12.9. The Kier molecular flexibility index (Phi) is 7.65. The van der Waals surface area contributed by atoms with Gasteiger partial charge in [-0.1, -0.05) is 39.4 Å². The maximum absolute atomic E-state index is 13.7. The van der Waals surface area contributed by atoms with E-state index in [1.54, 1.807) is 44.2 Å². The topological polar surface area (TPSA) is 99.4 Å². The zero-order chi connectivity index (χ0) is 26.0. The molecule has 1 aliphatic rings. The lowest BCUT2D eigenvalue weighted by molar-refractivity contribution is -0.139. The van der Waals surface area contributed by atoms with Crippen LogP contribution in [0.25, 0.3) is 6.08 Å². The van der Waals surface area contributed by atoms with E-state index in [4.69, 9.17) is 14.2 Å². The van der Waals surface area contributed by atoms with Gasteiger partial charge in [0.15, 0.2) is 16.3 Å². The first kappa shape index (κ1) is 25.7. The van der Waals surface area contributed by atoms with Crippen molar-refractivity contribution in [2.24, 2.45) is 4.99 Å². The number of phenolic OH excluding ortho intramolecular Hbond substituents is 1. The molecule has 0 radical (unpaired) electrons. The smallest absolute Gasteiger partial charge is 0.338 e. The third kappa shape index (κ3) is 4.83. The van der Waals surface area contributed by atoms with E-state index >= 15 is 0 Å². The maximum atomic E-state index is 13.7. The summed E-state index contributed by atoms with van der Waals surface area (Å²) in [5.41, 5.74) is 1.56. The minimum absolute atomic E-state index is 0.0852. The van der Waals surface area contributed by atoms with Crippen LogP contribution in [0.3, 0.4) is 0 Å². The molecule has 10 heteroatoms. The minimum atomic E-state index is -0.733. The Morgan fingerprint density at radius 3 is 2.58 bits per heavy atom. The van der Waals surface area contributed by atoms with Gasteiger partial charge in [-0.25, -0.2) is 9.79 Å². The van der Waals surface area contributed by atoms with Gasteiger partial charge < -0.3 is 19.3 Å². The van der Waals surface area contributed by atoms with Crippen LogP contribution in [0.4, 0.5) is 0 Å². The molecule has 0 saturated carbocycles. The summed E-state index contributed by atoms with van der Waals surface area (Å²) in [6.07, 6.45) is 1.59. The maximum Gasteiger partial charge on any atom is 0.338 e. The number of ether oxygens (including phenoxy) is 3. The monoisotopic (exact) mass is 572 g/mol. The van der Waals surface area contributed by atoms with Crippen LogP contribution in [0.1, 0.15) is 37.9 Å². The fourth-order valence-corrected chi connectivity index (χ4v) is 5.51. The van der Waals surface area contributed by atoms with E-state index in [1.165, 1.54) is 23.0 Å². The number of hydrogen-bond donors (Lipinski definition) is 1. The largest absolute Gasteiger partial charge is 0.504 e. The van der Waals surface area contributed by atoms with Crippen LogP contribution in [0.15, 0.2) is 61.9 Å². The number of phenols is 1. The standard InChI is InChI=1S/C26H25BrN2O6S/c1-5-34-18-9-7-15(8-10-18)22-21(25(32)35-6-2)14(3)28-26-29(22)24(31)20(36-26)12-16-11-17(27)13-19(33-4)23(16)30/h7-13,22,30H,5-6H2,1-4H3/b20-12-. The van der Waals surface area contributed by atoms with Crippen molar-refractivity contribution in [3.05, 3.63) is 83.0 Å². The van der Waals surface area contributed by atoms with Gasteiger partial charge in [0, 0.05) is 10.0 Å². The first-order chi connectivity index (χ1) is 17.3. The Morgan fingerprint density at radius 1 is 1.22 bits per heavy atom. The number of allylic oxidation sites excluding steroid dienone is 1. The van der Waals surface area contributed by atoms with Crippen LogP contribution in [-0.4, -0.2) is 36.0 Å². The number of esters is 1. The normalized spacial score (nSPS) is 15.4. The van der Waals surface area contributed by atoms with E-state index in [2.05, 4.69) is 20.9 Å². The average molecular weight is 573 g/mol. The van der Waals surface area contributed by atoms with Crippen molar-refractivity contribution in [1.29, 1.82) is 0 Å². The summed E-state index contributed by atoms with van der Waals surface area (Å²) in [4.78, 5) is 31.7. The van der Waals surface area contributed by atoms with Crippen molar-refractivity contribution >= 4 is 39.3 Å². The van der Waals surface area contributed by atoms with E-state index in [0.29, 0.717) is 43.0 Å². The molecule has 0 bridgehead atoms. The second-order valence-corrected chi connectivity index (χ2v) is 9.77. The van der Waals surface area contributed by atoms with Crippen molar-refractivity contribution in [3.8, 4) is 17.2 Å². The number of thiazole rings is 1. The highest BCUT2D eigenvalue weighted by Crippen LogP contribution is 2.34. The fourth-order valence-electron chi connectivity index (χ4n) is 4.02. The molecule has 4 rings (SSSR count). The number of benzene rings is 2. The lowest BCUT2D eigenvalue weighted by atomic mass is 9.96. The SMILES string of the molecule is CCOC(=O)C1=C(C)N=c2s/c(=C\c3cc(Br)cc(OC)c3O)c(=O)n2C1c1ccc(OCC)cc1. The van der Waals surface area contributed by atoms with Crippen LogP contribution >= 0.6 is 27.3 Å².